The summed E-state index contributed by atoms with van der Waals surface area (Å²) in [7, 11) is -3.66. The maximum absolute atomic E-state index is 13.0. The minimum Gasteiger partial charge on any atom is -0.207 e. The van der Waals surface area contributed by atoms with Crippen LogP contribution in [0.1, 0.15) is 5.56 Å². The Morgan fingerprint density at radius 1 is 1.10 bits per heavy atom. The van der Waals surface area contributed by atoms with E-state index in [-0.39, 0.29) is 11.4 Å². The van der Waals surface area contributed by atoms with Crippen LogP contribution in [-0.4, -0.2) is 8.42 Å². The van der Waals surface area contributed by atoms with Crippen molar-refractivity contribution in [2.45, 2.75) is 11.4 Å². The highest BCUT2D eigenvalue weighted by atomic mass is 79.9. The summed E-state index contributed by atoms with van der Waals surface area (Å²) in [4.78, 5) is 0.136. The highest BCUT2D eigenvalue weighted by molar-refractivity contribution is 9.11. The number of hydrogen-bond acceptors (Lipinski definition) is 2. The third kappa shape index (κ3) is 3.88. The van der Waals surface area contributed by atoms with Gasteiger partial charge in [0.2, 0.25) is 10.0 Å². The Morgan fingerprint density at radius 2 is 1.85 bits per heavy atom. The normalized spacial score (nSPS) is 11.6. The Morgan fingerprint density at radius 3 is 2.50 bits per heavy atom. The van der Waals surface area contributed by atoms with Gasteiger partial charge in [-0.05, 0) is 51.8 Å². The van der Waals surface area contributed by atoms with Crippen molar-refractivity contribution in [2.75, 3.05) is 0 Å². The molecule has 0 radical (unpaired) electrons. The monoisotopic (exact) mass is 421 g/mol. The van der Waals surface area contributed by atoms with Crippen molar-refractivity contribution in [2.24, 2.45) is 0 Å². The first kappa shape index (κ1) is 15.6. The lowest BCUT2D eigenvalue weighted by molar-refractivity contribution is 0.579. The van der Waals surface area contributed by atoms with Gasteiger partial charge in [0.15, 0.2) is 0 Å². The van der Waals surface area contributed by atoms with E-state index in [1.54, 1.807) is 18.2 Å². The number of sulfonamides is 1. The molecule has 0 fully saturated rings. The third-order valence-electron chi connectivity index (χ3n) is 2.54. The average molecular weight is 423 g/mol. The smallest absolute Gasteiger partial charge is 0.207 e. The van der Waals surface area contributed by atoms with Crippen molar-refractivity contribution in [3.8, 4) is 0 Å². The summed E-state index contributed by atoms with van der Waals surface area (Å²) >= 11 is 6.47. The SMILES string of the molecule is O=S(=O)(NCc1cccc(F)c1)c1ccc(Br)cc1Br. The number of rotatable bonds is 4. The molecule has 0 unspecified atom stereocenters. The second-order valence-corrected chi connectivity index (χ2v) is 7.53. The van der Waals surface area contributed by atoms with Crippen LogP contribution in [0.5, 0.6) is 0 Å². The van der Waals surface area contributed by atoms with Crippen molar-refractivity contribution in [3.05, 3.63) is 62.8 Å². The second-order valence-electron chi connectivity index (χ2n) is 4.03. The molecule has 0 saturated heterocycles. The molecular weight excluding hydrogens is 413 g/mol. The van der Waals surface area contributed by atoms with Gasteiger partial charge in [-0.2, -0.15) is 0 Å². The van der Waals surface area contributed by atoms with Crippen LogP contribution in [0.2, 0.25) is 0 Å². The first-order valence-corrected chi connectivity index (χ1v) is 8.64. The predicted octanol–water partition coefficient (Wildman–Crippen LogP) is 3.83. The largest absolute Gasteiger partial charge is 0.241 e. The van der Waals surface area contributed by atoms with Crippen molar-refractivity contribution in [3.63, 3.8) is 0 Å². The summed E-state index contributed by atoms with van der Waals surface area (Å²) in [5, 5.41) is 0. The van der Waals surface area contributed by atoms with E-state index < -0.39 is 15.8 Å². The molecule has 0 saturated carbocycles. The molecule has 20 heavy (non-hydrogen) atoms. The van der Waals surface area contributed by atoms with Gasteiger partial charge in [-0.25, -0.2) is 17.5 Å². The van der Waals surface area contributed by atoms with Crippen molar-refractivity contribution < 1.29 is 12.8 Å². The van der Waals surface area contributed by atoms with Crippen LogP contribution < -0.4 is 4.72 Å². The molecule has 7 heteroatoms. The summed E-state index contributed by atoms with van der Waals surface area (Å²) < 4.78 is 41.0. The molecule has 3 nitrogen and oxygen atoms in total. The standard InChI is InChI=1S/C13H10Br2FNO2S/c14-10-4-5-13(12(15)7-10)20(18,19)17-8-9-2-1-3-11(16)6-9/h1-7,17H,8H2. The maximum Gasteiger partial charge on any atom is 0.241 e. The molecule has 0 atom stereocenters. The molecular formula is C13H10Br2FNO2S. The van der Waals surface area contributed by atoms with E-state index in [4.69, 9.17) is 0 Å². The van der Waals surface area contributed by atoms with Gasteiger partial charge in [-0.1, -0.05) is 28.1 Å². The summed E-state index contributed by atoms with van der Waals surface area (Å²) in [6.07, 6.45) is 0. The van der Waals surface area contributed by atoms with Gasteiger partial charge in [0, 0.05) is 15.5 Å². The number of halogens is 3. The van der Waals surface area contributed by atoms with Crippen LogP contribution in [0.4, 0.5) is 4.39 Å². The lowest BCUT2D eigenvalue weighted by Gasteiger charge is -2.09. The van der Waals surface area contributed by atoms with E-state index in [1.807, 2.05) is 0 Å². The molecule has 0 spiro atoms. The fourth-order valence-electron chi connectivity index (χ4n) is 1.60. The molecule has 106 valence electrons. The molecule has 2 aromatic rings. The number of nitrogens with one attached hydrogen (secondary N) is 1. The molecule has 2 aromatic carbocycles. The summed E-state index contributed by atoms with van der Waals surface area (Å²) in [6.45, 7) is 0.0304. The van der Waals surface area contributed by atoms with Crippen LogP contribution in [0.25, 0.3) is 0 Å². The van der Waals surface area contributed by atoms with E-state index in [1.165, 1.54) is 24.3 Å². The van der Waals surface area contributed by atoms with Gasteiger partial charge in [-0.3, -0.25) is 0 Å². The molecule has 0 amide bonds. The summed E-state index contributed by atoms with van der Waals surface area (Å²) in [6, 6.07) is 10.6. The fourth-order valence-corrected chi connectivity index (χ4v) is 4.36. The quantitative estimate of drug-likeness (QED) is 0.813. The first-order chi connectivity index (χ1) is 9.38. The van der Waals surface area contributed by atoms with E-state index in [2.05, 4.69) is 36.6 Å². The Labute approximate surface area is 133 Å². The zero-order valence-electron chi connectivity index (χ0n) is 10.1. The van der Waals surface area contributed by atoms with Crippen LogP contribution in [0.3, 0.4) is 0 Å². The van der Waals surface area contributed by atoms with Crippen LogP contribution >= 0.6 is 31.9 Å². The second kappa shape index (κ2) is 6.34. The maximum atomic E-state index is 13.0. The molecule has 1 N–H and O–H groups in total. The van der Waals surface area contributed by atoms with Crippen LogP contribution in [-0.2, 0) is 16.6 Å². The number of benzene rings is 2. The van der Waals surface area contributed by atoms with Gasteiger partial charge in [0.25, 0.3) is 0 Å². The summed E-state index contributed by atoms with van der Waals surface area (Å²) in [5.41, 5.74) is 0.557. The lowest BCUT2D eigenvalue weighted by Crippen LogP contribution is -2.23. The Balaban J connectivity index is 2.19. The van der Waals surface area contributed by atoms with Gasteiger partial charge in [-0.15, -0.1) is 0 Å². The minimum atomic E-state index is -3.66. The third-order valence-corrected chi connectivity index (χ3v) is 5.41. The Kier molecular flexibility index (Phi) is 4.95. The minimum absolute atomic E-state index is 0.0304. The zero-order chi connectivity index (χ0) is 14.8. The topological polar surface area (TPSA) is 46.2 Å². The van der Waals surface area contributed by atoms with Crippen LogP contribution in [0, 0.1) is 5.82 Å². The Hall–Kier alpha value is -0.760. The molecule has 0 bridgehead atoms. The Bertz CT molecular complexity index is 735. The molecule has 0 aliphatic rings. The van der Waals surface area contributed by atoms with Crippen molar-refractivity contribution in [1.82, 2.24) is 4.72 Å². The highest BCUT2D eigenvalue weighted by Gasteiger charge is 2.17. The number of hydrogen-bond donors (Lipinski definition) is 1. The van der Waals surface area contributed by atoms with Crippen molar-refractivity contribution in [1.29, 1.82) is 0 Å². The molecule has 0 heterocycles. The predicted molar refractivity (Wildman–Crippen MR) is 82.3 cm³/mol. The van der Waals surface area contributed by atoms with Gasteiger partial charge in [0.05, 0.1) is 4.90 Å². The van der Waals surface area contributed by atoms with Gasteiger partial charge in [0.1, 0.15) is 5.82 Å². The molecule has 0 aliphatic carbocycles. The van der Waals surface area contributed by atoms with E-state index in [9.17, 15) is 12.8 Å². The molecule has 2 rings (SSSR count). The summed E-state index contributed by atoms with van der Waals surface area (Å²) in [5.74, 6) is -0.397. The van der Waals surface area contributed by atoms with Crippen LogP contribution in [0.15, 0.2) is 56.3 Å². The van der Waals surface area contributed by atoms with Gasteiger partial charge < -0.3 is 0 Å². The first-order valence-electron chi connectivity index (χ1n) is 5.58. The molecule has 0 aliphatic heterocycles. The van der Waals surface area contributed by atoms with E-state index in [0.29, 0.717) is 10.0 Å². The van der Waals surface area contributed by atoms with E-state index in [0.717, 1.165) is 4.47 Å². The van der Waals surface area contributed by atoms with Crippen molar-refractivity contribution >= 4 is 41.9 Å². The van der Waals surface area contributed by atoms with Gasteiger partial charge >= 0.3 is 0 Å². The fraction of sp³-hybridized carbons (Fsp3) is 0.0769. The average Bonchev–Trinajstić information content (AvgIpc) is 2.36. The zero-order valence-corrected chi connectivity index (χ0v) is 14.1. The highest BCUT2D eigenvalue weighted by Crippen LogP contribution is 2.25. The molecule has 0 aromatic heterocycles. The lowest BCUT2D eigenvalue weighted by atomic mass is 10.2. The van der Waals surface area contributed by atoms with E-state index >= 15 is 0 Å².